The van der Waals surface area contributed by atoms with Gasteiger partial charge >= 0.3 is 0 Å². The third-order valence-corrected chi connectivity index (χ3v) is 2.48. The van der Waals surface area contributed by atoms with E-state index in [1.165, 1.54) is 5.56 Å². The molecule has 3 nitrogen and oxygen atoms in total. The van der Waals surface area contributed by atoms with E-state index in [2.05, 4.69) is 9.97 Å². The maximum absolute atomic E-state index is 9.62. The molecule has 0 aliphatic rings. The van der Waals surface area contributed by atoms with Crippen LogP contribution in [0.25, 0.3) is 10.9 Å². The van der Waals surface area contributed by atoms with Crippen LogP contribution < -0.4 is 0 Å². The Labute approximate surface area is 82.4 Å². The van der Waals surface area contributed by atoms with E-state index in [1.807, 2.05) is 26.0 Å². The summed E-state index contributed by atoms with van der Waals surface area (Å²) < 4.78 is 0. The van der Waals surface area contributed by atoms with Gasteiger partial charge in [-0.1, -0.05) is 6.07 Å². The normalized spacial score (nSPS) is 10.8. The van der Waals surface area contributed by atoms with Crippen LogP contribution in [0.15, 0.2) is 12.1 Å². The van der Waals surface area contributed by atoms with Crippen molar-refractivity contribution in [3.8, 4) is 5.88 Å². The third kappa shape index (κ3) is 1.21. The molecule has 0 radical (unpaired) electrons. The van der Waals surface area contributed by atoms with Gasteiger partial charge in [0.2, 0.25) is 5.88 Å². The van der Waals surface area contributed by atoms with Crippen LogP contribution in [0.2, 0.25) is 0 Å². The lowest BCUT2D eigenvalue weighted by atomic mass is 10.1. The zero-order valence-corrected chi connectivity index (χ0v) is 8.50. The summed E-state index contributed by atoms with van der Waals surface area (Å²) in [5, 5.41) is 10.3. The van der Waals surface area contributed by atoms with Gasteiger partial charge in [-0.3, -0.25) is 0 Å². The van der Waals surface area contributed by atoms with Crippen LogP contribution >= 0.6 is 0 Å². The molecule has 0 saturated carbocycles. The van der Waals surface area contributed by atoms with Crippen molar-refractivity contribution in [1.82, 2.24) is 9.97 Å². The molecule has 0 aliphatic carbocycles. The summed E-state index contributed by atoms with van der Waals surface area (Å²) in [6.45, 7) is 5.81. The second-order valence-electron chi connectivity index (χ2n) is 3.50. The number of benzene rings is 1. The van der Waals surface area contributed by atoms with Crippen LogP contribution in [0, 0.1) is 20.8 Å². The van der Waals surface area contributed by atoms with Crippen molar-refractivity contribution in [2.24, 2.45) is 0 Å². The molecule has 0 atom stereocenters. The van der Waals surface area contributed by atoms with Crippen LogP contribution in [-0.4, -0.2) is 15.1 Å². The first-order valence-electron chi connectivity index (χ1n) is 4.53. The monoisotopic (exact) mass is 188 g/mol. The molecule has 3 heteroatoms. The Morgan fingerprint density at radius 1 is 1.07 bits per heavy atom. The fourth-order valence-corrected chi connectivity index (χ4v) is 1.53. The summed E-state index contributed by atoms with van der Waals surface area (Å²) in [6, 6.07) is 3.82. The van der Waals surface area contributed by atoms with E-state index in [0.717, 1.165) is 16.5 Å². The van der Waals surface area contributed by atoms with Crippen molar-refractivity contribution in [1.29, 1.82) is 0 Å². The molecule has 0 fully saturated rings. The van der Waals surface area contributed by atoms with Crippen molar-refractivity contribution in [3.63, 3.8) is 0 Å². The maximum atomic E-state index is 9.62. The fourth-order valence-electron chi connectivity index (χ4n) is 1.53. The van der Waals surface area contributed by atoms with Crippen LogP contribution in [0.3, 0.4) is 0 Å². The molecule has 1 N–H and O–H groups in total. The Bertz CT molecular complexity index is 506. The van der Waals surface area contributed by atoms with Crippen molar-refractivity contribution in [2.75, 3.05) is 0 Å². The van der Waals surface area contributed by atoms with E-state index >= 15 is 0 Å². The maximum Gasteiger partial charge on any atom is 0.222 e. The van der Waals surface area contributed by atoms with Crippen LogP contribution in [-0.2, 0) is 0 Å². The lowest BCUT2D eigenvalue weighted by molar-refractivity contribution is 0.457. The molecule has 2 rings (SSSR count). The number of aryl methyl sites for hydroxylation is 3. The van der Waals surface area contributed by atoms with Gasteiger partial charge in [-0.15, -0.1) is 0 Å². The highest BCUT2D eigenvalue weighted by Crippen LogP contribution is 2.25. The molecule has 0 aliphatic heterocycles. The van der Waals surface area contributed by atoms with Crippen molar-refractivity contribution < 1.29 is 5.11 Å². The Balaban J connectivity index is 2.95. The molecular weight excluding hydrogens is 176 g/mol. The van der Waals surface area contributed by atoms with Crippen molar-refractivity contribution in [3.05, 3.63) is 29.1 Å². The highest BCUT2D eigenvalue weighted by Gasteiger charge is 2.07. The van der Waals surface area contributed by atoms with Crippen LogP contribution in [0.4, 0.5) is 0 Å². The molecule has 2 aromatic rings. The quantitative estimate of drug-likeness (QED) is 0.689. The Morgan fingerprint density at radius 2 is 1.79 bits per heavy atom. The largest absolute Gasteiger partial charge is 0.493 e. The van der Waals surface area contributed by atoms with E-state index in [0.29, 0.717) is 5.82 Å². The van der Waals surface area contributed by atoms with Gasteiger partial charge in [-0.05, 0) is 38.0 Å². The van der Waals surface area contributed by atoms with Gasteiger partial charge in [0, 0.05) is 0 Å². The minimum Gasteiger partial charge on any atom is -0.493 e. The molecule has 1 aromatic heterocycles. The van der Waals surface area contributed by atoms with Gasteiger partial charge in [-0.25, -0.2) is 4.98 Å². The summed E-state index contributed by atoms with van der Waals surface area (Å²) in [6.07, 6.45) is 0. The fraction of sp³-hybridized carbons (Fsp3) is 0.273. The third-order valence-electron chi connectivity index (χ3n) is 2.48. The number of aromatic nitrogens is 2. The molecule has 1 aromatic carbocycles. The molecule has 0 unspecified atom stereocenters. The Morgan fingerprint density at radius 3 is 2.50 bits per heavy atom. The van der Waals surface area contributed by atoms with Gasteiger partial charge < -0.3 is 5.11 Å². The van der Waals surface area contributed by atoms with Crippen LogP contribution in [0.5, 0.6) is 5.88 Å². The van der Waals surface area contributed by atoms with E-state index in [-0.39, 0.29) is 5.88 Å². The van der Waals surface area contributed by atoms with E-state index in [1.54, 1.807) is 6.92 Å². The summed E-state index contributed by atoms with van der Waals surface area (Å²) in [5.41, 5.74) is 3.12. The number of rotatable bonds is 0. The smallest absolute Gasteiger partial charge is 0.222 e. The predicted molar refractivity (Wildman–Crippen MR) is 55.4 cm³/mol. The number of hydrogen-bond acceptors (Lipinski definition) is 3. The second-order valence-corrected chi connectivity index (χ2v) is 3.50. The van der Waals surface area contributed by atoms with Crippen LogP contribution in [0.1, 0.15) is 17.0 Å². The molecule has 0 saturated heterocycles. The van der Waals surface area contributed by atoms with E-state index in [9.17, 15) is 5.11 Å². The van der Waals surface area contributed by atoms with Gasteiger partial charge in [0.25, 0.3) is 0 Å². The first-order valence-corrected chi connectivity index (χ1v) is 4.53. The Hall–Kier alpha value is -1.64. The zero-order chi connectivity index (χ0) is 10.3. The number of fused-ring (bicyclic) bond motifs is 1. The van der Waals surface area contributed by atoms with E-state index < -0.39 is 0 Å². The highest BCUT2D eigenvalue weighted by molar-refractivity contribution is 5.86. The SMILES string of the molecule is Cc1nc(O)c2ccc(C)c(C)c2n1. The number of aromatic hydroxyl groups is 1. The average molecular weight is 188 g/mol. The average Bonchev–Trinajstić information content (AvgIpc) is 2.12. The van der Waals surface area contributed by atoms with Gasteiger partial charge in [-0.2, -0.15) is 4.98 Å². The molecule has 1 heterocycles. The lowest BCUT2D eigenvalue weighted by Crippen LogP contribution is -1.93. The summed E-state index contributed by atoms with van der Waals surface area (Å²) in [4.78, 5) is 8.24. The summed E-state index contributed by atoms with van der Waals surface area (Å²) >= 11 is 0. The second kappa shape index (κ2) is 2.94. The summed E-state index contributed by atoms with van der Waals surface area (Å²) in [7, 11) is 0. The van der Waals surface area contributed by atoms with Gasteiger partial charge in [0.1, 0.15) is 5.82 Å². The standard InChI is InChI=1S/C11H12N2O/c1-6-4-5-9-10(7(6)2)12-8(3)13-11(9)14/h4-5H,1-3H3,(H,12,13,14). The van der Waals surface area contributed by atoms with Crippen molar-refractivity contribution >= 4 is 10.9 Å². The molecule has 0 amide bonds. The first-order chi connectivity index (χ1) is 6.59. The molecular formula is C11H12N2O. The summed E-state index contributed by atoms with van der Waals surface area (Å²) in [5.74, 6) is 0.666. The minimum atomic E-state index is 0.0654. The van der Waals surface area contributed by atoms with Gasteiger partial charge in [0.15, 0.2) is 0 Å². The minimum absolute atomic E-state index is 0.0654. The predicted octanol–water partition coefficient (Wildman–Crippen LogP) is 2.26. The van der Waals surface area contributed by atoms with E-state index in [4.69, 9.17) is 0 Å². The zero-order valence-electron chi connectivity index (χ0n) is 8.50. The highest BCUT2D eigenvalue weighted by atomic mass is 16.3. The molecule has 0 spiro atoms. The van der Waals surface area contributed by atoms with Gasteiger partial charge in [0.05, 0.1) is 10.9 Å². The first kappa shape index (κ1) is 8.94. The molecule has 14 heavy (non-hydrogen) atoms. The number of nitrogens with zero attached hydrogens (tertiary/aromatic N) is 2. The topological polar surface area (TPSA) is 46.0 Å². The van der Waals surface area contributed by atoms with Crippen molar-refractivity contribution in [2.45, 2.75) is 20.8 Å². The molecule has 72 valence electrons. The number of hydrogen-bond donors (Lipinski definition) is 1. The molecule has 0 bridgehead atoms. The Kier molecular flexibility index (Phi) is 1.88. The lowest BCUT2D eigenvalue weighted by Gasteiger charge is -2.06.